The SMILES string of the molecule is CN(C)c1nc2ccccc2cc1C(=N)N. The highest BCUT2D eigenvalue weighted by Gasteiger charge is 2.10. The first-order valence-electron chi connectivity index (χ1n) is 5.01. The van der Waals surface area contributed by atoms with Gasteiger partial charge in [-0.25, -0.2) is 4.98 Å². The average Bonchev–Trinajstić information content (AvgIpc) is 2.27. The Balaban J connectivity index is 2.76. The van der Waals surface area contributed by atoms with Crippen LogP contribution in [0, 0.1) is 5.41 Å². The van der Waals surface area contributed by atoms with Gasteiger partial charge in [0.25, 0.3) is 0 Å². The Bertz CT molecular complexity index is 546. The molecule has 3 N–H and O–H groups in total. The normalized spacial score (nSPS) is 10.4. The molecule has 1 aromatic heterocycles. The second-order valence-corrected chi connectivity index (χ2v) is 3.86. The fraction of sp³-hybridized carbons (Fsp3) is 0.167. The summed E-state index contributed by atoms with van der Waals surface area (Å²) in [4.78, 5) is 6.37. The summed E-state index contributed by atoms with van der Waals surface area (Å²) in [6.07, 6.45) is 0. The molecule has 0 fully saturated rings. The van der Waals surface area contributed by atoms with Crippen LogP contribution < -0.4 is 10.6 Å². The first kappa shape index (κ1) is 10.4. The summed E-state index contributed by atoms with van der Waals surface area (Å²) in [6, 6.07) is 9.71. The lowest BCUT2D eigenvalue weighted by atomic mass is 10.1. The molecule has 0 unspecified atom stereocenters. The van der Waals surface area contributed by atoms with Crippen LogP contribution in [0.1, 0.15) is 5.56 Å². The molecule has 16 heavy (non-hydrogen) atoms. The Morgan fingerprint density at radius 3 is 2.62 bits per heavy atom. The predicted octanol–water partition coefficient (Wildman–Crippen LogP) is 1.58. The third-order valence-corrected chi connectivity index (χ3v) is 2.42. The number of rotatable bonds is 2. The van der Waals surface area contributed by atoms with E-state index in [9.17, 15) is 0 Å². The molecule has 1 heterocycles. The van der Waals surface area contributed by atoms with Crippen molar-refractivity contribution in [3.8, 4) is 0 Å². The molecule has 0 spiro atoms. The molecule has 0 aliphatic carbocycles. The van der Waals surface area contributed by atoms with Gasteiger partial charge in [0.2, 0.25) is 0 Å². The van der Waals surface area contributed by atoms with Crippen LogP contribution in [0.3, 0.4) is 0 Å². The van der Waals surface area contributed by atoms with Gasteiger partial charge in [0.15, 0.2) is 0 Å². The Labute approximate surface area is 94.2 Å². The monoisotopic (exact) mass is 214 g/mol. The lowest BCUT2D eigenvalue weighted by molar-refractivity contribution is 1.08. The molecule has 0 amide bonds. The third-order valence-electron chi connectivity index (χ3n) is 2.42. The van der Waals surface area contributed by atoms with E-state index in [2.05, 4.69) is 4.98 Å². The van der Waals surface area contributed by atoms with Crippen LogP contribution in [0.4, 0.5) is 5.82 Å². The molecule has 0 bridgehead atoms. The number of fused-ring (bicyclic) bond motifs is 1. The maximum Gasteiger partial charge on any atom is 0.139 e. The molecule has 0 saturated carbocycles. The summed E-state index contributed by atoms with van der Waals surface area (Å²) in [7, 11) is 3.78. The van der Waals surface area contributed by atoms with Gasteiger partial charge in [0, 0.05) is 19.5 Å². The van der Waals surface area contributed by atoms with Gasteiger partial charge < -0.3 is 10.6 Å². The molecule has 0 radical (unpaired) electrons. The van der Waals surface area contributed by atoms with Crippen molar-refractivity contribution in [2.24, 2.45) is 5.73 Å². The molecule has 0 atom stereocenters. The molecule has 1 aromatic carbocycles. The van der Waals surface area contributed by atoms with Crippen molar-refractivity contribution in [2.75, 3.05) is 19.0 Å². The summed E-state index contributed by atoms with van der Waals surface area (Å²) in [5, 5.41) is 8.55. The van der Waals surface area contributed by atoms with Crippen LogP contribution in [0.2, 0.25) is 0 Å². The van der Waals surface area contributed by atoms with E-state index in [1.54, 1.807) is 0 Å². The molecule has 0 aliphatic rings. The van der Waals surface area contributed by atoms with Crippen molar-refractivity contribution >= 4 is 22.6 Å². The zero-order chi connectivity index (χ0) is 11.7. The summed E-state index contributed by atoms with van der Waals surface area (Å²) in [5.41, 5.74) is 7.14. The van der Waals surface area contributed by atoms with Crippen molar-refractivity contribution in [1.29, 1.82) is 5.41 Å². The smallest absolute Gasteiger partial charge is 0.139 e. The Kier molecular flexibility index (Phi) is 2.48. The van der Waals surface area contributed by atoms with Crippen molar-refractivity contribution < 1.29 is 0 Å². The third kappa shape index (κ3) is 1.69. The van der Waals surface area contributed by atoms with E-state index in [-0.39, 0.29) is 5.84 Å². The zero-order valence-corrected chi connectivity index (χ0v) is 9.36. The average molecular weight is 214 g/mol. The molecule has 0 saturated heterocycles. The van der Waals surface area contributed by atoms with Crippen LogP contribution in [-0.2, 0) is 0 Å². The highest BCUT2D eigenvalue weighted by molar-refractivity contribution is 6.02. The second kappa shape index (κ2) is 3.81. The summed E-state index contributed by atoms with van der Waals surface area (Å²) in [5.74, 6) is 0.771. The fourth-order valence-corrected chi connectivity index (χ4v) is 1.64. The van der Waals surface area contributed by atoms with Crippen LogP contribution in [0.25, 0.3) is 10.9 Å². The van der Waals surface area contributed by atoms with E-state index in [0.29, 0.717) is 5.56 Å². The Hall–Kier alpha value is -2.10. The highest BCUT2D eigenvalue weighted by Crippen LogP contribution is 2.21. The molecule has 0 aliphatic heterocycles. The van der Waals surface area contributed by atoms with E-state index >= 15 is 0 Å². The van der Waals surface area contributed by atoms with Gasteiger partial charge in [0.05, 0.1) is 11.1 Å². The summed E-state index contributed by atoms with van der Waals surface area (Å²) >= 11 is 0. The maximum atomic E-state index is 7.56. The molecular weight excluding hydrogens is 200 g/mol. The number of nitrogen functional groups attached to an aromatic ring is 1. The lowest BCUT2D eigenvalue weighted by Crippen LogP contribution is -2.20. The molecule has 2 rings (SSSR count). The van der Waals surface area contributed by atoms with Crippen molar-refractivity contribution in [1.82, 2.24) is 4.98 Å². The van der Waals surface area contributed by atoms with Crippen LogP contribution in [0.15, 0.2) is 30.3 Å². The fourth-order valence-electron chi connectivity index (χ4n) is 1.64. The number of nitrogens with two attached hydrogens (primary N) is 1. The van der Waals surface area contributed by atoms with Gasteiger partial charge in [-0.05, 0) is 12.1 Å². The Morgan fingerprint density at radius 2 is 2.00 bits per heavy atom. The zero-order valence-electron chi connectivity index (χ0n) is 9.36. The van der Waals surface area contributed by atoms with Crippen molar-refractivity contribution in [2.45, 2.75) is 0 Å². The minimum atomic E-state index is 0.0435. The Morgan fingerprint density at radius 1 is 1.31 bits per heavy atom. The minimum Gasteiger partial charge on any atom is -0.384 e. The second-order valence-electron chi connectivity index (χ2n) is 3.86. The van der Waals surface area contributed by atoms with Gasteiger partial charge in [-0.15, -0.1) is 0 Å². The molecule has 2 aromatic rings. The van der Waals surface area contributed by atoms with E-state index in [4.69, 9.17) is 11.1 Å². The number of nitrogens with zero attached hydrogens (tertiary/aromatic N) is 2. The number of benzene rings is 1. The molecule has 82 valence electrons. The van der Waals surface area contributed by atoms with Gasteiger partial charge in [-0.1, -0.05) is 18.2 Å². The van der Waals surface area contributed by atoms with E-state index in [1.807, 2.05) is 49.3 Å². The van der Waals surface area contributed by atoms with E-state index in [1.165, 1.54) is 0 Å². The lowest BCUT2D eigenvalue weighted by Gasteiger charge is -2.16. The predicted molar refractivity (Wildman–Crippen MR) is 67.1 cm³/mol. The number of pyridine rings is 1. The van der Waals surface area contributed by atoms with Crippen molar-refractivity contribution in [3.05, 3.63) is 35.9 Å². The largest absolute Gasteiger partial charge is 0.384 e. The van der Waals surface area contributed by atoms with Crippen molar-refractivity contribution in [3.63, 3.8) is 0 Å². The number of nitrogens with one attached hydrogen (secondary N) is 1. The summed E-state index contributed by atoms with van der Waals surface area (Å²) < 4.78 is 0. The summed E-state index contributed by atoms with van der Waals surface area (Å²) in [6.45, 7) is 0. The van der Waals surface area contributed by atoms with E-state index < -0.39 is 0 Å². The van der Waals surface area contributed by atoms with Gasteiger partial charge in [-0.2, -0.15) is 0 Å². The number of anilines is 1. The number of amidine groups is 1. The molecule has 4 heteroatoms. The molecule has 4 nitrogen and oxygen atoms in total. The number of hydrogen-bond donors (Lipinski definition) is 2. The van der Waals surface area contributed by atoms with Crippen LogP contribution in [-0.4, -0.2) is 24.9 Å². The van der Waals surface area contributed by atoms with Gasteiger partial charge in [-0.3, -0.25) is 5.41 Å². The topological polar surface area (TPSA) is 66.0 Å². The van der Waals surface area contributed by atoms with Crippen LogP contribution >= 0.6 is 0 Å². The first-order chi connectivity index (χ1) is 7.59. The number of aromatic nitrogens is 1. The molecular formula is C12H14N4. The first-order valence-corrected chi connectivity index (χ1v) is 5.01. The van der Waals surface area contributed by atoms with E-state index in [0.717, 1.165) is 16.7 Å². The van der Waals surface area contributed by atoms with Crippen LogP contribution in [0.5, 0.6) is 0 Å². The highest BCUT2D eigenvalue weighted by atomic mass is 15.1. The quantitative estimate of drug-likeness (QED) is 0.589. The number of para-hydroxylation sites is 1. The van der Waals surface area contributed by atoms with Gasteiger partial charge in [0.1, 0.15) is 11.7 Å². The standard InChI is InChI=1S/C12H14N4/c1-16(2)12-9(11(13)14)7-8-5-3-4-6-10(8)15-12/h3-7H,1-2H3,(H3,13,14). The maximum absolute atomic E-state index is 7.56. The number of hydrogen-bond acceptors (Lipinski definition) is 3. The van der Waals surface area contributed by atoms with Gasteiger partial charge >= 0.3 is 0 Å². The minimum absolute atomic E-state index is 0.0435.